The third-order valence-electron chi connectivity index (χ3n) is 2.57. The molecular weight excluding hydrogens is 326 g/mol. The second kappa shape index (κ2) is 5.64. The van der Waals surface area contributed by atoms with Gasteiger partial charge >= 0.3 is 0 Å². The normalized spacial score (nSPS) is 21.4. The molecule has 0 aromatic carbocycles. The van der Waals surface area contributed by atoms with E-state index in [9.17, 15) is 8.42 Å². The molecule has 1 atom stereocenters. The fourth-order valence-electron chi connectivity index (χ4n) is 1.85. The van der Waals surface area contributed by atoms with Crippen LogP contribution in [0.2, 0.25) is 0 Å². The van der Waals surface area contributed by atoms with Crippen molar-refractivity contribution in [2.75, 3.05) is 23.6 Å². The Bertz CT molecular complexity index is 468. The number of halogens is 1. The lowest BCUT2D eigenvalue weighted by Gasteiger charge is -2.22. The molecule has 1 fully saturated rings. The number of sulfonamides is 1. The van der Waals surface area contributed by atoms with Crippen LogP contribution in [0.3, 0.4) is 0 Å². The molecule has 2 heterocycles. The lowest BCUT2D eigenvalue weighted by molar-refractivity contribution is 0.404. The molecule has 1 aliphatic rings. The summed E-state index contributed by atoms with van der Waals surface area (Å²) < 4.78 is 27.1. The molecule has 1 aromatic rings. The standard InChI is InChI=1S/C9H14BrN3O2S2/c10-8-5-12-9(16-8)13-17(14,15)6-7-2-1-3-11-4-7/h5,7,11H,1-4,6H2,(H,12,13). The third-order valence-corrected chi connectivity index (χ3v) is 5.51. The second-order valence-corrected chi connectivity index (χ2v) is 8.24. The molecular formula is C9H14BrN3O2S2. The third kappa shape index (κ3) is 4.20. The zero-order chi connectivity index (χ0) is 12.3. The maximum atomic E-state index is 11.9. The number of anilines is 1. The van der Waals surface area contributed by atoms with Gasteiger partial charge in [0.2, 0.25) is 10.0 Å². The zero-order valence-corrected chi connectivity index (χ0v) is 12.4. The first-order valence-electron chi connectivity index (χ1n) is 5.38. The quantitative estimate of drug-likeness (QED) is 0.874. The lowest BCUT2D eigenvalue weighted by Crippen LogP contribution is -2.35. The van der Waals surface area contributed by atoms with E-state index in [0.29, 0.717) is 5.13 Å². The van der Waals surface area contributed by atoms with E-state index >= 15 is 0 Å². The number of aromatic nitrogens is 1. The van der Waals surface area contributed by atoms with Gasteiger partial charge in [-0.25, -0.2) is 13.4 Å². The van der Waals surface area contributed by atoms with Crippen LogP contribution in [-0.2, 0) is 10.0 Å². The van der Waals surface area contributed by atoms with E-state index in [4.69, 9.17) is 0 Å². The van der Waals surface area contributed by atoms with Crippen LogP contribution in [0.4, 0.5) is 5.13 Å². The monoisotopic (exact) mass is 339 g/mol. The zero-order valence-electron chi connectivity index (χ0n) is 9.15. The molecule has 0 spiro atoms. The van der Waals surface area contributed by atoms with Gasteiger partial charge in [-0.15, -0.1) is 0 Å². The highest BCUT2D eigenvalue weighted by Gasteiger charge is 2.21. The summed E-state index contributed by atoms with van der Waals surface area (Å²) in [5.74, 6) is 0.363. The Labute approximate surface area is 113 Å². The molecule has 8 heteroatoms. The Balaban J connectivity index is 1.94. The van der Waals surface area contributed by atoms with Crippen LogP contribution in [0.5, 0.6) is 0 Å². The van der Waals surface area contributed by atoms with Gasteiger partial charge in [-0.2, -0.15) is 0 Å². The fourth-order valence-corrected chi connectivity index (χ4v) is 4.67. The number of hydrogen-bond donors (Lipinski definition) is 2. The van der Waals surface area contributed by atoms with Gasteiger partial charge in [0.25, 0.3) is 0 Å². The average Bonchev–Trinajstić information content (AvgIpc) is 2.63. The molecule has 0 radical (unpaired) electrons. The van der Waals surface area contributed by atoms with Crippen LogP contribution >= 0.6 is 27.3 Å². The number of nitrogens with one attached hydrogen (secondary N) is 2. The van der Waals surface area contributed by atoms with E-state index in [1.165, 1.54) is 11.3 Å². The summed E-state index contributed by atoms with van der Waals surface area (Å²) in [4.78, 5) is 3.96. The van der Waals surface area contributed by atoms with E-state index < -0.39 is 10.0 Å². The molecule has 1 aromatic heterocycles. The predicted octanol–water partition coefficient (Wildman–Crippen LogP) is 1.65. The molecule has 1 unspecified atom stereocenters. The first-order chi connectivity index (χ1) is 8.05. The average molecular weight is 340 g/mol. The summed E-state index contributed by atoms with van der Waals surface area (Å²) in [5, 5.41) is 3.63. The smallest absolute Gasteiger partial charge is 0.234 e. The van der Waals surface area contributed by atoms with Crippen molar-refractivity contribution in [1.82, 2.24) is 10.3 Å². The van der Waals surface area contributed by atoms with Gasteiger partial charge < -0.3 is 5.32 Å². The molecule has 17 heavy (non-hydrogen) atoms. The topological polar surface area (TPSA) is 71.1 Å². The van der Waals surface area contributed by atoms with Gasteiger partial charge in [0.1, 0.15) is 0 Å². The van der Waals surface area contributed by atoms with Gasteiger partial charge in [0, 0.05) is 0 Å². The van der Waals surface area contributed by atoms with E-state index in [-0.39, 0.29) is 11.7 Å². The molecule has 5 nitrogen and oxygen atoms in total. The summed E-state index contributed by atoms with van der Waals surface area (Å²) in [5.41, 5.74) is 0. The number of thiazole rings is 1. The van der Waals surface area contributed by atoms with Crippen LogP contribution in [0.15, 0.2) is 9.98 Å². The first kappa shape index (κ1) is 13.3. The Morgan fingerprint density at radius 2 is 2.47 bits per heavy atom. The van der Waals surface area contributed by atoms with Gasteiger partial charge in [-0.1, -0.05) is 11.3 Å². The molecule has 0 amide bonds. The summed E-state index contributed by atoms with van der Waals surface area (Å²) in [6.45, 7) is 1.77. The largest absolute Gasteiger partial charge is 0.316 e. The first-order valence-corrected chi connectivity index (χ1v) is 8.64. The molecule has 1 saturated heterocycles. The molecule has 0 bridgehead atoms. The highest BCUT2D eigenvalue weighted by molar-refractivity contribution is 9.11. The molecule has 1 aliphatic heterocycles. The van der Waals surface area contributed by atoms with E-state index in [0.717, 1.165) is 29.7 Å². The summed E-state index contributed by atoms with van der Waals surface area (Å²) >= 11 is 4.53. The maximum absolute atomic E-state index is 11.9. The van der Waals surface area contributed by atoms with Gasteiger partial charge in [-0.3, -0.25) is 4.72 Å². The number of nitrogens with zero attached hydrogens (tertiary/aromatic N) is 1. The van der Waals surface area contributed by atoms with Crippen LogP contribution < -0.4 is 10.0 Å². The second-order valence-electron chi connectivity index (χ2n) is 4.07. The number of piperidine rings is 1. The minimum atomic E-state index is -3.28. The SMILES string of the molecule is O=S(=O)(CC1CCCNC1)Nc1ncc(Br)s1. The van der Waals surface area contributed by atoms with Crippen molar-refractivity contribution in [3.63, 3.8) is 0 Å². The Morgan fingerprint density at radius 3 is 3.06 bits per heavy atom. The van der Waals surface area contributed by atoms with Gasteiger partial charge in [0.05, 0.1) is 15.7 Å². The Hall–Kier alpha value is -0.180. The van der Waals surface area contributed by atoms with E-state index in [1.807, 2.05) is 0 Å². The van der Waals surface area contributed by atoms with Crippen molar-refractivity contribution in [2.45, 2.75) is 12.8 Å². The van der Waals surface area contributed by atoms with Crippen molar-refractivity contribution in [3.05, 3.63) is 9.98 Å². The highest BCUT2D eigenvalue weighted by atomic mass is 79.9. The lowest BCUT2D eigenvalue weighted by atomic mass is 10.0. The van der Waals surface area contributed by atoms with Crippen molar-refractivity contribution in [2.24, 2.45) is 5.92 Å². The van der Waals surface area contributed by atoms with Gasteiger partial charge in [0.15, 0.2) is 5.13 Å². The minimum absolute atomic E-state index is 0.164. The van der Waals surface area contributed by atoms with Gasteiger partial charge in [-0.05, 0) is 47.8 Å². The predicted molar refractivity (Wildman–Crippen MR) is 72.8 cm³/mol. The Kier molecular flexibility index (Phi) is 4.40. The summed E-state index contributed by atoms with van der Waals surface area (Å²) in [6, 6.07) is 0. The number of hydrogen-bond acceptors (Lipinski definition) is 5. The van der Waals surface area contributed by atoms with Crippen LogP contribution in [-0.4, -0.2) is 32.2 Å². The van der Waals surface area contributed by atoms with Crippen molar-refractivity contribution >= 4 is 42.4 Å². The van der Waals surface area contributed by atoms with Crippen LogP contribution in [0.25, 0.3) is 0 Å². The van der Waals surface area contributed by atoms with E-state index in [1.54, 1.807) is 6.20 Å². The minimum Gasteiger partial charge on any atom is -0.316 e. The van der Waals surface area contributed by atoms with E-state index in [2.05, 4.69) is 31.0 Å². The summed E-state index contributed by atoms with van der Waals surface area (Å²) in [7, 11) is -3.28. The molecule has 2 rings (SSSR count). The van der Waals surface area contributed by atoms with Crippen LogP contribution in [0, 0.1) is 5.92 Å². The van der Waals surface area contributed by atoms with Crippen molar-refractivity contribution < 1.29 is 8.42 Å². The van der Waals surface area contributed by atoms with Crippen molar-refractivity contribution in [1.29, 1.82) is 0 Å². The highest BCUT2D eigenvalue weighted by Crippen LogP contribution is 2.24. The fraction of sp³-hybridized carbons (Fsp3) is 0.667. The Morgan fingerprint density at radius 1 is 1.65 bits per heavy atom. The molecule has 2 N–H and O–H groups in total. The van der Waals surface area contributed by atoms with Crippen molar-refractivity contribution in [3.8, 4) is 0 Å². The van der Waals surface area contributed by atoms with Crippen LogP contribution in [0.1, 0.15) is 12.8 Å². The molecule has 0 saturated carbocycles. The maximum Gasteiger partial charge on any atom is 0.234 e. The summed E-state index contributed by atoms with van der Waals surface area (Å²) in [6.07, 6.45) is 3.60. The molecule has 96 valence electrons. The molecule has 0 aliphatic carbocycles. The number of rotatable bonds is 4.